The van der Waals surface area contributed by atoms with E-state index < -0.39 is 13.7 Å². The predicted octanol–water partition coefficient (Wildman–Crippen LogP) is 5.74. The minimum atomic E-state index is -0.742. The molecule has 6 rings (SSSR count). The maximum Gasteiger partial charge on any atom is 0.213 e. The summed E-state index contributed by atoms with van der Waals surface area (Å²) < 4.78 is 12.9. The van der Waals surface area contributed by atoms with Crippen molar-refractivity contribution >= 4 is 23.8 Å². The first kappa shape index (κ1) is 22.6. The Bertz CT molecular complexity index is 1310. The van der Waals surface area contributed by atoms with E-state index in [1.165, 1.54) is 32.6 Å². The summed E-state index contributed by atoms with van der Waals surface area (Å²) in [6, 6.07) is 32.7. The Morgan fingerprint density at radius 2 is 1.37 bits per heavy atom. The van der Waals surface area contributed by atoms with Gasteiger partial charge in [0.2, 0.25) is 5.79 Å². The van der Waals surface area contributed by atoms with Gasteiger partial charge in [0, 0.05) is 12.0 Å². The van der Waals surface area contributed by atoms with Crippen molar-refractivity contribution in [1.82, 2.24) is 4.98 Å². The highest BCUT2D eigenvalue weighted by molar-refractivity contribution is 7.80. The second kappa shape index (κ2) is 8.99. The number of aryl methyl sites for hydroxylation is 1. The van der Waals surface area contributed by atoms with Crippen molar-refractivity contribution in [2.24, 2.45) is 0 Å². The fourth-order valence-corrected chi connectivity index (χ4v) is 7.85. The van der Waals surface area contributed by atoms with Crippen LogP contribution in [0.2, 0.25) is 0 Å². The third-order valence-electron chi connectivity index (χ3n) is 7.28. The summed E-state index contributed by atoms with van der Waals surface area (Å²) in [6.07, 6.45) is 1.89. The van der Waals surface area contributed by atoms with Crippen LogP contribution in [0.1, 0.15) is 37.1 Å². The Hall–Kier alpha value is -2.84. The molecule has 1 aromatic heterocycles. The van der Waals surface area contributed by atoms with Crippen LogP contribution in [0.15, 0.2) is 91.0 Å². The molecule has 1 aliphatic carbocycles. The van der Waals surface area contributed by atoms with E-state index in [0.29, 0.717) is 0 Å². The van der Waals surface area contributed by atoms with Gasteiger partial charge in [0.15, 0.2) is 0 Å². The van der Waals surface area contributed by atoms with Crippen LogP contribution in [-0.2, 0) is 21.7 Å². The molecule has 1 aliphatic heterocycles. The first-order valence-corrected chi connectivity index (χ1v) is 13.8. The van der Waals surface area contributed by atoms with E-state index in [9.17, 15) is 0 Å². The van der Waals surface area contributed by atoms with Crippen LogP contribution in [0.5, 0.6) is 0 Å². The lowest BCUT2D eigenvalue weighted by Crippen LogP contribution is -2.26. The molecule has 1 fully saturated rings. The maximum atomic E-state index is 6.43. The molecule has 35 heavy (non-hydrogen) atoms. The number of benzene rings is 3. The number of fused-ring (bicyclic) bond motifs is 2. The number of nitrogens with zero attached hydrogens (tertiary/aromatic N) is 1. The topological polar surface area (TPSA) is 31.4 Å². The second-order valence-electron chi connectivity index (χ2n) is 9.57. The summed E-state index contributed by atoms with van der Waals surface area (Å²) in [5.41, 5.74) is 5.69. The molecule has 0 N–H and O–H groups in total. The van der Waals surface area contributed by atoms with Crippen LogP contribution in [0.25, 0.3) is 11.3 Å². The molecule has 1 spiro atoms. The third-order valence-corrected chi connectivity index (χ3v) is 9.78. The third kappa shape index (κ3) is 3.93. The monoisotopic (exact) mass is 479 g/mol. The lowest BCUT2D eigenvalue weighted by molar-refractivity contribution is -0.182. The van der Waals surface area contributed by atoms with E-state index in [1.807, 2.05) is 0 Å². The van der Waals surface area contributed by atoms with Crippen molar-refractivity contribution in [3.05, 3.63) is 108 Å². The zero-order chi connectivity index (χ0) is 24.0. The minimum Gasteiger partial charge on any atom is -0.339 e. The summed E-state index contributed by atoms with van der Waals surface area (Å²) in [5.74, 6) is -0.715. The van der Waals surface area contributed by atoms with Crippen molar-refractivity contribution in [2.45, 2.75) is 51.6 Å². The van der Waals surface area contributed by atoms with Gasteiger partial charge >= 0.3 is 0 Å². The van der Waals surface area contributed by atoms with Crippen molar-refractivity contribution in [1.29, 1.82) is 0 Å². The molecule has 1 saturated heterocycles. The van der Waals surface area contributed by atoms with Crippen LogP contribution in [0.4, 0.5) is 0 Å². The Labute approximate surface area is 208 Å². The number of rotatable bonds is 4. The summed E-state index contributed by atoms with van der Waals surface area (Å²) >= 11 is 0. The first-order valence-electron chi connectivity index (χ1n) is 12.4. The summed E-state index contributed by atoms with van der Waals surface area (Å²) in [4.78, 5) is 5.28. The fraction of sp³-hybridized carbons (Fsp3) is 0.258. The fourth-order valence-electron chi connectivity index (χ4n) is 5.39. The number of hydrogen-bond donors (Lipinski definition) is 0. The van der Waals surface area contributed by atoms with Gasteiger partial charge < -0.3 is 9.47 Å². The summed E-state index contributed by atoms with van der Waals surface area (Å²) in [6.45, 7) is 6.39. The highest BCUT2D eigenvalue weighted by atomic mass is 31.1. The SMILES string of the molecule is Cc1cc(-c2ccccc2P(c2ccccc2)c2ccccc2)nc2c1CCC21O[C@H](C)[C@@H](C)O1. The molecular weight excluding hydrogens is 449 g/mol. The molecule has 2 aliphatic rings. The Morgan fingerprint density at radius 3 is 2.00 bits per heavy atom. The summed E-state index contributed by atoms with van der Waals surface area (Å²) in [7, 11) is -0.742. The normalized spacial score (nSPS) is 20.5. The minimum absolute atomic E-state index is 0.0583. The molecule has 2 heterocycles. The van der Waals surface area contributed by atoms with E-state index in [4.69, 9.17) is 14.5 Å². The van der Waals surface area contributed by atoms with Gasteiger partial charge in [-0.1, -0.05) is 84.9 Å². The Balaban J connectivity index is 1.52. The van der Waals surface area contributed by atoms with Gasteiger partial charge in [-0.05, 0) is 68.2 Å². The largest absolute Gasteiger partial charge is 0.339 e. The quantitative estimate of drug-likeness (QED) is 0.350. The Kier molecular flexibility index (Phi) is 5.81. The molecule has 4 heteroatoms. The maximum absolute atomic E-state index is 6.43. The van der Waals surface area contributed by atoms with Crippen molar-refractivity contribution in [3.8, 4) is 11.3 Å². The molecule has 176 valence electrons. The highest BCUT2D eigenvalue weighted by Crippen LogP contribution is 2.48. The van der Waals surface area contributed by atoms with Crippen LogP contribution in [0, 0.1) is 6.92 Å². The molecule has 0 amide bonds. The Morgan fingerprint density at radius 1 is 0.800 bits per heavy atom. The molecule has 0 bridgehead atoms. The van der Waals surface area contributed by atoms with Crippen molar-refractivity contribution in [2.75, 3.05) is 0 Å². The molecule has 3 nitrogen and oxygen atoms in total. The van der Waals surface area contributed by atoms with Gasteiger partial charge in [-0.3, -0.25) is 0 Å². The van der Waals surface area contributed by atoms with Gasteiger partial charge in [-0.25, -0.2) is 4.98 Å². The second-order valence-corrected chi connectivity index (χ2v) is 11.8. The van der Waals surface area contributed by atoms with E-state index in [1.54, 1.807) is 0 Å². The average molecular weight is 480 g/mol. The summed E-state index contributed by atoms with van der Waals surface area (Å²) in [5, 5.41) is 3.98. The number of aromatic nitrogens is 1. The molecule has 0 unspecified atom stereocenters. The average Bonchev–Trinajstić information content (AvgIpc) is 3.39. The van der Waals surface area contributed by atoms with E-state index in [0.717, 1.165) is 24.2 Å². The predicted molar refractivity (Wildman–Crippen MR) is 144 cm³/mol. The molecule has 0 saturated carbocycles. The van der Waals surface area contributed by atoms with Gasteiger partial charge in [0.1, 0.15) is 5.69 Å². The zero-order valence-corrected chi connectivity index (χ0v) is 21.3. The van der Waals surface area contributed by atoms with E-state index in [-0.39, 0.29) is 12.2 Å². The van der Waals surface area contributed by atoms with Crippen LogP contribution < -0.4 is 15.9 Å². The number of hydrogen-bond acceptors (Lipinski definition) is 3. The van der Waals surface area contributed by atoms with Gasteiger partial charge in [0.25, 0.3) is 0 Å². The molecule has 2 atom stereocenters. The first-order chi connectivity index (χ1) is 17.1. The van der Waals surface area contributed by atoms with E-state index >= 15 is 0 Å². The van der Waals surface area contributed by atoms with Crippen LogP contribution in [0.3, 0.4) is 0 Å². The smallest absolute Gasteiger partial charge is 0.213 e. The van der Waals surface area contributed by atoms with Crippen LogP contribution in [-0.4, -0.2) is 17.2 Å². The molecule has 3 aromatic carbocycles. The van der Waals surface area contributed by atoms with Crippen molar-refractivity contribution < 1.29 is 9.47 Å². The van der Waals surface area contributed by atoms with Gasteiger partial charge in [0.05, 0.1) is 17.9 Å². The highest BCUT2D eigenvalue weighted by Gasteiger charge is 2.51. The van der Waals surface area contributed by atoms with Gasteiger partial charge in [-0.15, -0.1) is 0 Å². The van der Waals surface area contributed by atoms with Gasteiger partial charge in [-0.2, -0.15) is 0 Å². The number of ether oxygens (including phenoxy) is 2. The zero-order valence-electron chi connectivity index (χ0n) is 20.4. The molecular formula is C31H30NO2P. The molecule has 0 radical (unpaired) electrons. The lowest BCUT2D eigenvalue weighted by atomic mass is 10.0. The van der Waals surface area contributed by atoms with E-state index in [2.05, 4.69) is 112 Å². The number of pyridine rings is 1. The standard InChI is InChI=1S/C31H30NO2P/c1-21-20-28(32-30-26(21)18-19-31(30)33-22(2)23(3)34-31)27-16-10-11-17-29(27)35(24-12-6-4-7-13-24)25-14-8-5-9-15-25/h4-17,20,22-23H,18-19H2,1-3H3/t22-,23-/m1/s1. The lowest BCUT2D eigenvalue weighted by Gasteiger charge is -2.25. The van der Waals surface area contributed by atoms with Crippen molar-refractivity contribution in [3.63, 3.8) is 0 Å². The van der Waals surface area contributed by atoms with Crippen LogP contribution >= 0.6 is 7.92 Å². The molecule has 4 aromatic rings.